The van der Waals surface area contributed by atoms with Crippen molar-refractivity contribution in [1.82, 2.24) is 19.9 Å². The second kappa shape index (κ2) is 17.6. The summed E-state index contributed by atoms with van der Waals surface area (Å²) in [7, 11) is 0. The highest BCUT2D eigenvalue weighted by Gasteiger charge is 2.50. The van der Waals surface area contributed by atoms with Crippen molar-refractivity contribution in [2.75, 3.05) is 20.4 Å². The summed E-state index contributed by atoms with van der Waals surface area (Å²) in [4.78, 5) is 71.4. The lowest BCUT2D eigenvalue weighted by Crippen LogP contribution is -2.33. The van der Waals surface area contributed by atoms with Crippen LogP contribution >= 0.6 is 0 Å². The van der Waals surface area contributed by atoms with Gasteiger partial charge in [-0.15, -0.1) is 0 Å². The van der Waals surface area contributed by atoms with Gasteiger partial charge in [0.25, 0.3) is 11.8 Å². The largest absolute Gasteiger partial charge is 0.441 e. The molecule has 0 bridgehead atoms. The Bertz CT molecular complexity index is 2870. The van der Waals surface area contributed by atoms with E-state index in [-0.39, 0.29) is 23.9 Å². The number of nitrogens with one attached hydrogen (secondary N) is 2. The molecular formula is C52H44N8O6. The van der Waals surface area contributed by atoms with Crippen molar-refractivity contribution in [3.05, 3.63) is 193 Å². The van der Waals surface area contributed by atoms with Crippen LogP contribution in [0, 0.1) is 0 Å². The van der Waals surface area contributed by atoms with Crippen molar-refractivity contribution >= 4 is 68.6 Å². The van der Waals surface area contributed by atoms with Gasteiger partial charge in [-0.05, 0) is 136 Å². The molecule has 0 radical (unpaired) electrons. The van der Waals surface area contributed by atoms with Crippen LogP contribution in [0.4, 0.5) is 32.3 Å². The molecule has 0 unspecified atom stereocenters. The molecule has 2 fully saturated rings. The van der Waals surface area contributed by atoms with Gasteiger partial charge in [0.1, 0.15) is 23.3 Å². The fraction of sp³-hybridized carbons (Fsp3) is 0.154. The number of ether oxygens (including phenoxy) is 2. The first-order chi connectivity index (χ1) is 31.9. The Balaban J connectivity index is 0.000000166. The van der Waals surface area contributed by atoms with Gasteiger partial charge in [-0.1, -0.05) is 36.4 Å². The number of fused-ring (bicyclic) bond motifs is 2. The van der Waals surface area contributed by atoms with E-state index in [0.717, 1.165) is 32.9 Å². The maximum atomic E-state index is 12.9. The lowest BCUT2D eigenvalue weighted by atomic mass is 9.92. The van der Waals surface area contributed by atoms with Crippen molar-refractivity contribution in [1.29, 1.82) is 0 Å². The van der Waals surface area contributed by atoms with Crippen LogP contribution in [0.1, 0.15) is 71.6 Å². The van der Waals surface area contributed by atoms with E-state index in [1.165, 1.54) is 0 Å². The van der Waals surface area contributed by atoms with Crippen LogP contribution in [0.15, 0.2) is 171 Å². The van der Waals surface area contributed by atoms with Gasteiger partial charge in [-0.2, -0.15) is 0 Å². The quantitative estimate of drug-likeness (QED) is 0.150. The number of nitrogens with zero attached hydrogens (tertiary/aromatic N) is 6. The predicted octanol–water partition coefficient (Wildman–Crippen LogP) is 10.7. The summed E-state index contributed by atoms with van der Waals surface area (Å²) in [6.07, 6.45) is 9.32. The van der Waals surface area contributed by atoms with Crippen LogP contribution in [-0.2, 0) is 9.47 Å². The summed E-state index contributed by atoms with van der Waals surface area (Å²) in [5.41, 5.74) is 5.38. The Labute approximate surface area is 380 Å². The summed E-state index contributed by atoms with van der Waals surface area (Å²) in [5, 5.41) is 7.76. The predicted molar refractivity (Wildman–Crippen MR) is 252 cm³/mol. The van der Waals surface area contributed by atoms with E-state index in [9.17, 15) is 19.2 Å². The van der Waals surface area contributed by atoms with Gasteiger partial charge in [0.05, 0.1) is 22.4 Å². The molecule has 10 rings (SSSR count). The highest BCUT2D eigenvalue weighted by Crippen LogP contribution is 2.45. The van der Waals surface area contributed by atoms with Crippen molar-refractivity contribution in [3.8, 4) is 0 Å². The van der Waals surface area contributed by atoms with Crippen LogP contribution in [0.2, 0.25) is 0 Å². The number of amides is 4. The number of pyridine rings is 4. The Hall–Kier alpha value is -8.52. The third kappa shape index (κ3) is 8.46. The van der Waals surface area contributed by atoms with Gasteiger partial charge >= 0.3 is 12.2 Å². The monoisotopic (exact) mass is 876 g/mol. The van der Waals surface area contributed by atoms with Crippen molar-refractivity contribution in [2.45, 2.75) is 51.0 Å². The van der Waals surface area contributed by atoms with Crippen LogP contribution in [0.25, 0.3) is 21.8 Å². The molecule has 2 saturated heterocycles. The van der Waals surface area contributed by atoms with Crippen LogP contribution in [0.5, 0.6) is 0 Å². The number of hydrogen-bond donors (Lipinski definition) is 2. The molecule has 2 N–H and O–H groups in total. The molecule has 6 heterocycles. The SMILES string of the molecule is CC1(C)OC(=O)N(c2ccc(C(=O)Nc3cccc4cccnc34)cc2)[C@@H]1c1ccncc1.CC1(C)OC(=O)N(c2ccc(C(=O)Nc3cccc4cccnc34)cc2)[C@H]1c1ccncc1. The number of para-hydroxylation sites is 2. The highest BCUT2D eigenvalue weighted by atomic mass is 16.6. The van der Waals surface area contributed by atoms with Crippen molar-refractivity contribution in [3.63, 3.8) is 0 Å². The number of benzene rings is 4. The Morgan fingerprint density at radius 1 is 0.485 bits per heavy atom. The third-order valence-electron chi connectivity index (χ3n) is 11.5. The molecule has 328 valence electrons. The van der Waals surface area contributed by atoms with E-state index in [1.54, 1.807) is 95.5 Å². The zero-order valence-corrected chi connectivity index (χ0v) is 36.5. The highest BCUT2D eigenvalue weighted by molar-refractivity contribution is 6.09. The topological polar surface area (TPSA) is 169 Å². The minimum Gasteiger partial charge on any atom is -0.441 e. The number of rotatable bonds is 8. The van der Waals surface area contributed by atoms with E-state index in [2.05, 4.69) is 30.6 Å². The Kier molecular flexibility index (Phi) is 11.4. The third-order valence-corrected chi connectivity index (χ3v) is 11.5. The number of cyclic esters (lactones) is 2. The first kappa shape index (κ1) is 42.8. The Morgan fingerprint density at radius 2 is 0.848 bits per heavy atom. The maximum absolute atomic E-state index is 12.9. The summed E-state index contributed by atoms with van der Waals surface area (Å²) >= 11 is 0. The fourth-order valence-electron chi connectivity index (χ4n) is 8.54. The van der Waals surface area contributed by atoms with Gasteiger partial charge in [-0.25, -0.2) is 9.59 Å². The first-order valence-corrected chi connectivity index (χ1v) is 21.2. The minimum atomic E-state index is -0.726. The molecule has 66 heavy (non-hydrogen) atoms. The maximum Gasteiger partial charge on any atom is 0.415 e. The molecular weight excluding hydrogens is 833 g/mol. The van der Waals surface area contributed by atoms with E-state index in [0.29, 0.717) is 33.9 Å². The molecule has 0 spiro atoms. The van der Waals surface area contributed by atoms with Crippen LogP contribution in [-0.4, -0.2) is 55.1 Å². The molecule has 2 aliphatic rings. The lowest BCUT2D eigenvalue weighted by molar-refractivity contribution is 0.0676. The minimum absolute atomic E-state index is 0.255. The zero-order valence-electron chi connectivity index (χ0n) is 36.5. The van der Waals surface area contributed by atoms with Crippen molar-refractivity contribution < 1.29 is 28.7 Å². The summed E-state index contributed by atoms with van der Waals surface area (Å²) in [6, 6.07) is 39.6. The lowest BCUT2D eigenvalue weighted by Gasteiger charge is -2.29. The molecule has 2 atom stereocenters. The molecule has 4 aromatic heterocycles. The van der Waals surface area contributed by atoms with Gasteiger partial charge in [0, 0.05) is 70.5 Å². The molecule has 14 nitrogen and oxygen atoms in total. The number of carbonyl (C=O) groups excluding carboxylic acids is 4. The zero-order chi connectivity index (χ0) is 46.0. The van der Waals surface area contributed by atoms with E-state index >= 15 is 0 Å². The normalized spacial score (nSPS) is 17.1. The second-order valence-electron chi connectivity index (χ2n) is 16.8. The number of hydrogen-bond acceptors (Lipinski definition) is 10. The summed E-state index contributed by atoms with van der Waals surface area (Å²) in [6.45, 7) is 7.54. The fourth-order valence-corrected chi connectivity index (χ4v) is 8.54. The van der Waals surface area contributed by atoms with Crippen molar-refractivity contribution in [2.24, 2.45) is 0 Å². The van der Waals surface area contributed by atoms with Crippen LogP contribution < -0.4 is 20.4 Å². The average molecular weight is 877 g/mol. The first-order valence-electron chi connectivity index (χ1n) is 21.2. The van der Waals surface area contributed by atoms with E-state index in [4.69, 9.17) is 9.47 Å². The van der Waals surface area contributed by atoms with Crippen LogP contribution in [0.3, 0.4) is 0 Å². The van der Waals surface area contributed by atoms with Gasteiger partial charge in [0.15, 0.2) is 0 Å². The number of carbonyl (C=O) groups is 4. The standard InChI is InChI=1S/2C26H22N4O3/c2*1-26(2)23(18-12-15-27-16-13-18)30(25(32)33-26)20-10-8-19(9-11-20)24(31)29-21-7-3-5-17-6-4-14-28-22(17)21/h2*3-16,23H,1-2H3,(H,29,31)/t2*23-/m10/s1. The molecule has 0 aliphatic carbocycles. The molecule has 8 aromatic rings. The average Bonchev–Trinajstić information content (AvgIpc) is 3.73. The smallest absolute Gasteiger partial charge is 0.415 e. The van der Waals surface area contributed by atoms with E-state index < -0.39 is 23.4 Å². The van der Waals surface area contributed by atoms with E-state index in [1.807, 2.05) is 113 Å². The number of anilines is 4. The summed E-state index contributed by atoms with van der Waals surface area (Å²) in [5.74, 6) is -0.510. The molecule has 0 saturated carbocycles. The molecule has 4 aromatic carbocycles. The van der Waals surface area contributed by atoms with Gasteiger partial charge in [-0.3, -0.25) is 39.3 Å². The second-order valence-corrected chi connectivity index (χ2v) is 16.8. The molecule has 14 heteroatoms. The van der Waals surface area contributed by atoms with Gasteiger partial charge < -0.3 is 20.1 Å². The summed E-state index contributed by atoms with van der Waals surface area (Å²) < 4.78 is 11.3. The Morgan fingerprint density at radius 3 is 1.23 bits per heavy atom. The molecule has 2 aliphatic heterocycles. The molecule has 4 amide bonds. The van der Waals surface area contributed by atoms with Gasteiger partial charge in [0.2, 0.25) is 0 Å². The number of aromatic nitrogens is 4.